The summed E-state index contributed by atoms with van der Waals surface area (Å²) in [4.78, 5) is 4.11. The lowest BCUT2D eigenvalue weighted by Crippen LogP contribution is -2.45. The van der Waals surface area contributed by atoms with Gasteiger partial charge in [0.15, 0.2) is 0 Å². The van der Waals surface area contributed by atoms with E-state index in [2.05, 4.69) is 52.1 Å². The lowest BCUT2D eigenvalue weighted by Gasteiger charge is -2.36. The molecule has 114 valence electrons. The fraction of sp³-hybridized carbons (Fsp3) is 0.750. The second-order valence-corrected chi connectivity index (χ2v) is 8.45. The van der Waals surface area contributed by atoms with E-state index in [-0.39, 0.29) is 0 Å². The summed E-state index contributed by atoms with van der Waals surface area (Å²) in [5.74, 6) is 0.824. The lowest BCUT2D eigenvalue weighted by molar-refractivity contribution is 0.151. The Morgan fingerprint density at radius 1 is 1.50 bits per heavy atom. The zero-order chi connectivity index (χ0) is 14.4. The van der Waals surface area contributed by atoms with Crippen LogP contribution in [0.1, 0.15) is 38.0 Å². The number of piperidine rings is 1. The van der Waals surface area contributed by atoms with Gasteiger partial charge in [-0.2, -0.15) is 0 Å². The summed E-state index contributed by atoms with van der Waals surface area (Å²) in [6.45, 7) is 9.60. The normalized spacial score (nSPS) is 22.1. The maximum absolute atomic E-state index is 3.74. The van der Waals surface area contributed by atoms with Crippen LogP contribution in [0.15, 0.2) is 15.9 Å². The number of nitrogens with one attached hydrogen (secondary N) is 1. The van der Waals surface area contributed by atoms with Gasteiger partial charge in [-0.25, -0.2) is 0 Å². The summed E-state index contributed by atoms with van der Waals surface area (Å²) in [6, 6.07) is 5.01. The molecule has 1 N–H and O–H groups in total. The van der Waals surface area contributed by atoms with Crippen molar-refractivity contribution in [3.63, 3.8) is 0 Å². The first kappa shape index (κ1) is 16.5. The first-order valence-electron chi connectivity index (χ1n) is 7.89. The van der Waals surface area contributed by atoms with Crippen LogP contribution < -0.4 is 5.32 Å². The molecular formula is C16H27BrN2S. The third-order valence-electron chi connectivity index (χ3n) is 4.26. The Kier molecular flexibility index (Phi) is 7.02. The molecule has 0 spiro atoms. The van der Waals surface area contributed by atoms with Crippen LogP contribution in [0, 0.1) is 5.92 Å². The van der Waals surface area contributed by atoms with Crippen LogP contribution in [0.5, 0.6) is 0 Å². The third-order valence-corrected chi connectivity index (χ3v) is 5.94. The van der Waals surface area contributed by atoms with Gasteiger partial charge in [-0.15, -0.1) is 11.3 Å². The minimum atomic E-state index is 0.637. The van der Waals surface area contributed by atoms with Crippen molar-refractivity contribution in [3.8, 4) is 0 Å². The second kappa shape index (κ2) is 8.52. The highest BCUT2D eigenvalue weighted by Gasteiger charge is 2.23. The van der Waals surface area contributed by atoms with Gasteiger partial charge >= 0.3 is 0 Å². The molecule has 2 unspecified atom stereocenters. The average molecular weight is 359 g/mol. The molecule has 1 aliphatic rings. The number of rotatable bonds is 7. The van der Waals surface area contributed by atoms with E-state index in [0.29, 0.717) is 6.04 Å². The van der Waals surface area contributed by atoms with E-state index < -0.39 is 0 Å². The van der Waals surface area contributed by atoms with Gasteiger partial charge in [-0.1, -0.05) is 6.92 Å². The van der Waals surface area contributed by atoms with E-state index in [4.69, 9.17) is 0 Å². The van der Waals surface area contributed by atoms with Crippen LogP contribution >= 0.6 is 27.3 Å². The smallest absolute Gasteiger partial charge is 0.0701 e. The molecule has 2 nitrogen and oxygen atoms in total. The molecule has 1 aromatic heterocycles. The molecule has 0 aromatic carbocycles. The predicted octanol–water partition coefficient (Wildman–Crippen LogP) is 4.15. The van der Waals surface area contributed by atoms with Gasteiger partial charge < -0.3 is 10.2 Å². The molecular weight excluding hydrogens is 332 g/mol. The van der Waals surface area contributed by atoms with Crippen LogP contribution in [-0.2, 0) is 6.42 Å². The third kappa shape index (κ3) is 5.14. The van der Waals surface area contributed by atoms with E-state index >= 15 is 0 Å². The number of likely N-dealkylation sites (tertiary alicyclic amines) is 1. The van der Waals surface area contributed by atoms with Crippen molar-refractivity contribution in [2.45, 2.75) is 45.6 Å². The Labute approximate surface area is 136 Å². The molecule has 2 heterocycles. The molecule has 0 bridgehead atoms. The number of thiophene rings is 1. The van der Waals surface area contributed by atoms with E-state index in [9.17, 15) is 0 Å². The molecule has 1 aromatic rings. The lowest BCUT2D eigenvalue weighted by atomic mass is 9.91. The van der Waals surface area contributed by atoms with Crippen molar-refractivity contribution >= 4 is 27.3 Å². The number of hydrogen-bond donors (Lipinski definition) is 1. The van der Waals surface area contributed by atoms with Crippen molar-refractivity contribution in [3.05, 3.63) is 20.8 Å². The van der Waals surface area contributed by atoms with E-state index in [1.54, 1.807) is 0 Å². The van der Waals surface area contributed by atoms with Gasteiger partial charge in [-0.05, 0) is 79.7 Å². The van der Waals surface area contributed by atoms with Crippen LogP contribution in [0.2, 0.25) is 0 Å². The van der Waals surface area contributed by atoms with E-state index in [1.807, 2.05) is 11.3 Å². The first-order chi connectivity index (χ1) is 9.69. The molecule has 2 atom stereocenters. The topological polar surface area (TPSA) is 15.3 Å². The quantitative estimate of drug-likeness (QED) is 0.787. The molecule has 20 heavy (non-hydrogen) atoms. The summed E-state index contributed by atoms with van der Waals surface area (Å²) in [5, 5.41) is 3.74. The summed E-state index contributed by atoms with van der Waals surface area (Å²) in [5.41, 5.74) is 0. The Morgan fingerprint density at radius 2 is 2.35 bits per heavy atom. The van der Waals surface area contributed by atoms with Gasteiger partial charge in [0.05, 0.1) is 3.79 Å². The van der Waals surface area contributed by atoms with Gasteiger partial charge in [0.1, 0.15) is 0 Å². The standard InChI is InChI=1S/C16H27BrN2S/c1-3-10-19-11-4-5-14(12-19)13(2)18-9-8-15-6-7-16(17)20-15/h6-7,13-14,18H,3-5,8-12H2,1-2H3. The minimum absolute atomic E-state index is 0.637. The Morgan fingerprint density at radius 3 is 3.05 bits per heavy atom. The van der Waals surface area contributed by atoms with Gasteiger partial charge in [0.2, 0.25) is 0 Å². The first-order valence-corrected chi connectivity index (χ1v) is 9.50. The average Bonchev–Trinajstić information content (AvgIpc) is 2.85. The molecule has 0 saturated carbocycles. The van der Waals surface area contributed by atoms with Crippen molar-refractivity contribution in [2.75, 3.05) is 26.2 Å². The Bertz CT molecular complexity index is 392. The predicted molar refractivity (Wildman–Crippen MR) is 92.6 cm³/mol. The molecule has 2 rings (SSSR count). The van der Waals surface area contributed by atoms with Gasteiger partial charge in [-0.3, -0.25) is 0 Å². The largest absolute Gasteiger partial charge is 0.314 e. The van der Waals surface area contributed by atoms with Gasteiger partial charge in [0, 0.05) is 24.0 Å². The molecule has 0 aliphatic carbocycles. The van der Waals surface area contributed by atoms with E-state index in [1.165, 1.54) is 47.6 Å². The van der Waals surface area contributed by atoms with Crippen molar-refractivity contribution in [1.82, 2.24) is 10.2 Å². The fourth-order valence-electron chi connectivity index (χ4n) is 3.09. The molecule has 1 fully saturated rings. The maximum atomic E-state index is 3.74. The van der Waals surface area contributed by atoms with E-state index in [0.717, 1.165) is 18.9 Å². The number of hydrogen-bond acceptors (Lipinski definition) is 3. The minimum Gasteiger partial charge on any atom is -0.314 e. The fourth-order valence-corrected chi connectivity index (χ4v) is 4.58. The Balaban J connectivity index is 1.69. The SMILES string of the molecule is CCCN1CCCC(C(C)NCCc2ccc(Br)s2)C1. The Hall–Kier alpha value is 0.1000. The summed E-state index contributed by atoms with van der Waals surface area (Å²) >= 11 is 5.38. The van der Waals surface area contributed by atoms with Crippen molar-refractivity contribution < 1.29 is 0 Å². The highest BCUT2D eigenvalue weighted by atomic mass is 79.9. The van der Waals surface area contributed by atoms with Crippen LogP contribution in [-0.4, -0.2) is 37.1 Å². The second-order valence-electron chi connectivity index (χ2n) is 5.90. The van der Waals surface area contributed by atoms with Crippen LogP contribution in [0.25, 0.3) is 0 Å². The summed E-state index contributed by atoms with van der Waals surface area (Å²) in [6.07, 6.45) is 5.18. The summed E-state index contributed by atoms with van der Waals surface area (Å²) < 4.78 is 1.24. The van der Waals surface area contributed by atoms with Crippen molar-refractivity contribution in [1.29, 1.82) is 0 Å². The number of halogens is 1. The van der Waals surface area contributed by atoms with Crippen LogP contribution in [0.4, 0.5) is 0 Å². The zero-order valence-corrected chi connectivity index (χ0v) is 15.1. The molecule has 0 amide bonds. The zero-order valence-electron chi connectivity index (χ0n) is 12.7. The maximum Gasteiger partial charge on any atom is 0.0701 e. The number of nitrogens with zero attached hydrogens (tertiary/aromatic N) is 1. The molecule has 4 heteroatoms. The molecule has 1 saturated heterocycles. The molecule has 1 aliphatic heterocycles. The van der Waals surface area contributed by atoms with Gasteiger partial charge in [0.25, 0.3) is 0 Å². The van der Waals surface area contributed by atoms with Crippen molar-refractivity contribution in [2.24, 2.45) is 5.92 Å². The molecule has 0 radical (unpaired) electrons. The highest BCUT2D eigenvalue weighted by Crippen LogP contribution is 2.23. The summed E-state index contributed by atoms with van der Waals surface area (Å²) in [7, 11) is 0. The van der Waals surface area contributed by atoms with Crippen LogP contribution in [0.3, 0.4) is 0 Å². The highest BCUT2D eigenvalue weighted by molar-refractivity contribution is 9.11. The monoisotopic (exact) mass is 358 g/mol.